The van der Waals surface area contributed by atoms with Gasteiger partial charge in [0.15, 0.2) is 5.79 Å². The van der Waals surface area contributed by atoms with Gasteiger partial charge in [0, 0.05) is 45.1 Å². The molecule has 0 aliphatic carbocycles. The first-order valence-corrected chi connectivity index (χ1v) is 20.1. The van der Waals surface area contributed by atoms with Crippen molar-refractivity contribution in [2.75, 3.05) is 6.54 Å². The van der Waals surface area contributed by atoms with Crippen molar-refractivity contribution in [3.8, 4) is 0 Å². The maximum atomic E-state index is 14.0. The van der Waals surface area contributed by atoms with E-state index in [1.54, 1.807) is 0 Å². The zero-order valence-electron chi connectivity index (χ0n) is 30.4. The van der Waals surface area contributed by atoms with E-state index < -0.39 is 11.9 Å². The number of fused-ring (bicyclic) bond motifs is 6. The van der Waals surface area contributed by atoms with E-state index in [4.69, 9.17) is 43.6 Å². The number of carbonyl (C=O) groups excluding carboxylic acids is 1. The zero-order chi connectivity index (χ0) is 35.2. The van der Waals surface area contributed by atoms with Crippen LogP contribution in [0.25, 0.3) is 0 Å². The molecular weight excluding hydrogens is 654 g/mol. The summed E-state index contributed by atoms with van der Waals surface area (Å²) in [5.41, 5.74) is 8.06. The molecule has 10 rings (SSSR count). The maximum Gasteiger partial charge on any atom is 0.172 e. The summed E-state index contributed by atoms with van der Waals surface area (Å²) in [5, 5.41) is 10.5. The van der Waals surface area contributed by atoms with Crippen molar-refractivity contribution in [2.24, 2.45) is 23.5 Å². The molecule has 19 atom stereocenters. The summed E-state index contributed by atoms with van der Waals surface area (Å²) in [7, 11) is 0. The van der Waals surface area contributed by atoms with Crippen molar-refractivity contribution >= 4 is 5.78 Å². The van der Waals surface area contributed by atoms with Gasteiger partial charge in [-0.05, 0) is 73.8 Å². The topological polar surface area (TPSA) is 137 Å². The minimum Gasteiger partial charge on any atom is -0.392 e. The number of rotatable bonds is 3. The second-order valence-corrected chi connectivity index (χ2v) is 17.6. The first-order valence-electron chi connectivity index (χ1n) is 20.1. The Hall–Kier alpha value is -1.25. The van der Waals surface area contributed by atoms with Crippen LogP contribution in [0.1, 0.15) is 97.3 Å². The van der Waals surface area contributed by atoms with Gasteiger partial charge in [-0.25, -0.2) is 0 Å². The van der Waals surface area contributed by atoms with Crippen LogP contribution in [0.15, 0.2) is 24.3 Å². The molecule has 11 nitrogen and oxygen atoms in total. The molecule has 10 heterocycles. The normalized spacial score (nSPS) is 53.2. The van der Waals surface area contributed by atoms with E-state index in [2.05, 4.69) is 27.0 Å². The van der Waals surface area contributed by atoms with Gasteiger partial charge in [0.05, 0.1) is 61.0 Å². The van der Waals surface area contributed by atoms with E-state index in [1.165, 1.54) is 0 Å². The monoisotopic (exact) mass is 713 g/mol. The molecule has 0 radical (unpaired) electrons. The highest BCUT2D eigenvalue weighted by atomic mass is 16.8. The number of aliphatic hydroxyl groups is 1. The van der Waals surface area contributed by atoms with Crippen LogP contribution in [0, 0.1) is 17.8 Å². The Morgan fingerprint density at radius 1 is 0.765 bits per heavy atom. The fraction of sp³-hybridized carbons (Fsp3) is 0.875. The van der Waals surface area contributed by atoms with Crippen molar-refractivity contribution in [1.82, 2.24) is 0 Å². The van der Waals surface area contributed by atoms with Crippen LogP contribution in [-0.2, 0) is 42.7 Å². The lowest BCUT2D eigenvalue weighted by atomic mass is 9.78. The first kappa shape index (κ1) is 35.5. The Labute approximate surface area is 302 Å². The fourth-order valence-corrected chi connectivity index (χ4v) is 11.3. The SMILES string of the molecule is C=C1C2C[C@@H]3O[C@H](C[C@H](O)CN)[C@H](C)[C@H]3CC(=O)CC3CCC4O[C@H]5[C@H]6OC7(CC[C@H]8CC(=C)[C@H](CCC(C[C@H]1C)O2)O8)C[C@@H]6O[C@H]5[C@@H](O7)C4O3. The summed E-state index contributed by atoms with van der Waals surface area (Å²) < 4.78 is 54.0. The smallest absolute Gasteiger partial charge is 0.172 e. The van der Waals surface area contributed by atoms with Gasteiger partial charge in [-0.2, -0.15) is 0 Å². The second kappa shape index (κ2) is 13.8. The van der Waals surface area contributed by atoms with E-state index in [9.17, 15) is 9.90 Å². The Morgan fingerprint density at radius 3 is 2.35 bits per heavy atom. The van der Waals surface area contributed by atoms with Crippen LogP contribution in [0.3, 0.4) is 0 Å². The third-order valence-electron chi connectivity index (χ3n) is 14.2. The predicted octanol–water partition coefficient (Wildman–Crippen LogP) is 4.06. The van der Waals surface area contributed by atoms with Gasteiger partial charge in [0.25, 0.3) is 0 Å². The lowest BCUT2D eigenvalue weighted by molar-refractivity contribution is -0.292. The molecule has 0 aromatic rings. The van der Waals surface area contributed by atoms with Crippen LogP contribution in [0.5, 0.6) is 0 Å². The molecule has 6 unspecified atom stereocenters. The molecule has 10 aliphatic heterocycles. The summed E-state index contributed by atoms with van der Waals surface area (Å²) in [6.07, 6.45) is 6.43. The molecule has 11 heteroatoms. The van der Waals surface area contributed by atoms with Gasteiger partial charge in [-0.15, -0.1) is 0 Å². The Balaban J connectivity index is 0.986. The average Bonchev–Trinajstić information content (AvgIpc) is 3.77. The van der Waals surface area contributed by atoms with E-state index in [-0.39, 0.29) is 110 Å². The molecule has 51 heavy (non-hydrogen) atoms. The Bertz CT molecular complexity index is 1360. The molecular formula is C40H59NO10. The minimum atomic E-state index is -0.765. The number of hydrogen-bond donors (Lipinski definition) is 2. The van der Waals surface area contributed by atoms with Crippen molar-refractivity contribution in [2.45, 2.75) is 195 Å². The molecule has 10 fully saturated rings. The van der Waals surface area contributed by atoms with Crippen LogP contribution in [-0.4, -0.2) is 115 Å². The van der Waals surface area contributed by atoms with Gasteiger partial charge < -0.3 is 48.7 Å². The Kier molecular flexibility index (Phi) is 9.59. The first-order chi connectivity index (χ1) is 24.6. The van der Waals surface area contributed by atoms with E-state index in [1.807, 2.05) is 0 Å². The molecule has 0 aromatic carbocycles. The van der Waals surface area contributed by atoms with Crippen molar-refractivity contribution < 1.29 is 47.8 Å². The summed E-state index contributed by atoms with van der Waals surface area (Å²) >= 11 is 0. The molecule has 0 saturated carbocycles. The van der Waals surface area contributed by atoms with Crippen molar-refractivity contribution in [3.05, 3.63) is 24.3 Å². The minimum absolute atomic E-state index is 0.00127. The predicted molar refractivity (Wildman–Crippen MR) is 185 cm³/mol. The standard InChI is InChI=1S/C40H59NO10/c1-19-11-25-5-7-29-20(2)12-27(44-29)9-10-40-17-34-36(50-40)37-38(49-34)39(51-40)35-30(48-37)8-6-26(46-35)13-23(42)14-28-22(4)31(15-24(43)18-41)47-33(28)16-32(45-25)21(19)3/h19,22,24-39,43H,2-3,5-18,41H2,1,4H3/t19-,22-,24+,25?,26?,27+,28-,29+,30?,31-,32?,33+,34+,35?,36+,37+,38-,39+,40?/m1/s1. The number of ether oxygens (including phenoxy) is 8. The number of Topliss-reactive ketones (excluding diaryl/α,β-unsaturated/α-hetero) is 1. The number of hydrogen-bond acceptors (Lipinski definition) is 11. The molecule has 12 bridgehead atoms. The van der Waals surface area contributed by atoms with Crippen molar-refractivity contribution in [3.63, 3.8) is 0 Å². The second-order valence-electron chi connectivity index (χ2n) is 17.6. The fourth-order valence-electron chi connectivity index (χ4n) is 11.3. The molecule has 10 aliphatic rings. The lowest BCUT2D eigenvalue weighted by Crippen LogP contribution is -2.61. The van der Waals surface area contributed by atoms with Gasteiger partial charge in [0.2, 0.25) is 0 Å². The quantitative estimate of drug-likeness (QED) is 0.410. The van der Waals surface area contributed by atoms with Crippen LogP contribution in [0.4, 0.5) is 0 Å². The van der Waals surface area contributed by atoms with Crippen molar-refractivity contribution in [1.29, 1.82) is 0 Å². The third-order valence-corrected chi connectivity index (χ3v) is 14.2. The van der Waals surface area contributed by atoms with Gasteiger partial charge >= 0.3 is 0 Å². The highest BCUT2D eigenvalue weighted by molar-refractivity contribution is 5.79. The Morgan fingerprint density at radius 2 is 1.51 bits per heavy atom. The summed E-state index contributed by atoms with van der Waals surface area (Å²) in [4.78, 5) is 14.0. The lowest BCUT2D eigenvalue weighted by Gasteiger charge is -2.47. The largest absolute Gasteiger partial charge is 0.392 e. The summed E-state index contributed by atoms with van der Waals surface area (Å²) in [6.45, 7) is 13.5. The molecule has 284 valence electrons. The summed E-state index contributed by atoms with van der Waals surface area (Å²) in [6, 6.07) is 0. The van der Waals surface area contributed by atoms with Crippen LogP contribution < -0.4 is 5.73 Å². The molecule has 0 aromatic heterocycles. The third kappa shape index (κ3) is 6.53. The highest BCUT2D eigenvalue weighted by Gasteiger charge is 2.68. The van der Waals surface area contributed by atoms with E-state index in [0.29, 0.717) is 44.4 Å². The summed E-state index contributed by atoms with van der Waals surface area (Å²) in [5.74, 6) is -0.222. The number of carbonyl (C=O) groups is 1. The number of aliphatic hydroxyl groups excluding tert-OH is 1. The molecule has 3 N–H and O–H groups in total. The zero-order valence-corrected chi connectivity index (χ0v) is 30.4. The maximum absolute atomic E-state index is 14.0. The average molecular weight is 714 g/mol. The highest BCUT2D eigenvalue weighted by Crippen LogP contribution is 2.54. The van der Waals surface area contributed by atoms with Gasteiger partial charge in [-0.3, -0.25) is 4.79 Å². The molecule has 0 amide bonds. The van der Waals surface area contributed by atoms with E-state index in [0.717, 1.165) is 56.1 Å². The number of ketones is 1. The van der Waals surface area contributed by atoms with Gasteiger partial charge in [-0.1, -0.05) is 27.0 Å². The number of nitrogens with two attached hydrogens (primary N) is 1. The molecule has 10 saturated heterocycles. The van der Waals surface area contributed by atoms with E-state index >= 15 is 0 Å². The van der Waals surface area contributed by atoms with Crippen LogP contribution in [0.2, 0.25) is 0 Å². The molecule has 1 spiro atoms. The van der Waals surface area contributed by atoms with Gasteiger partial charge in [0.1, 0.15) is 36.3 Å². The van der Waals surface area contributed by atoms with Crippen LogP contribution >= 0.6 is 0 Å².